The van der Waals surface area contributed by atoms with Crippen molar-refractivity contribution in [1.82, 2.24) is 15.1 Å². The van der Waals surface area contributed by atoms with Crippen LogP contribution in [0.5, 0.6) is 17.2 Å². The predicted molar refractivity (Wildman–Crippen MR) is 127 cm³/mol. The third-order valence-electron chi connectivity index (χ3n) is 5.60. The Morgan fingerprint density at radius 2 is 1.94 bits per heavy atom. The van der Waals surface area contributed by atoms with Crippen LogP contribution in [0.3, 0.4) is 0 Å². The number of ether oxygens (including phenoxy) is 2. The Morgan fingerprint density at radius 1 is 1.21 bits per heavy atom. The number of fused-ring (bicyclic) bond motifs is 1. The lowest BCUT2D eigenvalue weighted by Gasteiger charge is -2.26. The largest absolute Gasteiger partial charge is 0.507 e. The number of carbonyl (C=O) groups excluding carboxylic acids is 1. The Bertz CT molecular complexity index is 1220. The molecule has 0 saturated carbocycles. The van der Waals surface area contributed by atoms with Gasteiger partial charge in [-0.05, 0) is 56.2 Å². The molecule has 3 aromatic rings. The Kier molecular flexibility index (Phi) is 6.33. The maximum atomic E-state index is 13.3. The third kappa shape index (κ3) is 3.93. The van der Waals surface area contributed by atoms with E-state index in [9.17, 15) is 9.90 Å². The first-order chi connectivity index (χ1) is 15.9. The first-order valence-corrected chi connectivity index (χ1v) is 11.2. The number of aryl methyl sites for hydroxylation is 1. The highest BCUT2D eigenvalue weighted by Gasteiger charge is 2.42. The monoisotopic (exact) mass is 467 g/mol. The molecule has 0 radical (unpaired) electrons. The SMILES string of the molecule is C=CCN1C(=O)c2[nH]nc(-c3cc(Cl)c(C)cc3O)c2C1c1ccc(OCC)c(OCC)c1. The average Bonchev–Trinajstić information content (AvgIpc) is 3.32. The van der Waals surface area contributed by atoms with E-state index < -0.39 is 6.04 Å². The van der Waals surface area contributed by atoms with Crippen LogP contribution in [0.2, 0.25) is 5.02 Å². The van der Waals surface area contributed by atoms with Gasteiger partial charge < -0.3 is 19.5 Å². The number of H-pyrrole nitrogens is 1. The minimum atomic E-state index is -0.464. The van der Waals surface area contributed by atoms with Crippen LogP contribution in [-0.2, 0) is 0 Å². The Hall–Kier alpha value is -3.45. The molecule has 0 saturated heterocycles. The third-order valence-corrected chi connectivity index (χ3v) is 6.01. The van der Waals surface area contributed by atoms with Crippen molar-refractivity contribution in [3.05, 3.63) is 70.4 Å². The van der Waals surface area contributed by atoms with Crippen molar-refractivity contribution in [3.8, 4) is 28.5 Å². The fourth-order valence-corrected chi connectivity index (χ4v) is 4.33. The van der Waals surface area contributed by atoms with E-state index in [1.807, 2.05) is 39.0 Å². The molecule has 172 valence electrons. The summed E-state index contributed by atoms with van der Waals surface area (Å²) in [5.74, 6) is 1.08. The summed E-state index contributed by atoms with van der Waals surface area (Å²) in [6.07, 6.45) is 1.68. The highest BCUT2D eigenvalue weighted by molar-refractivity contribution is 6.31. The number of hydrogen-bond acceptors (Lipinski definition) is 5. The molecule has 1 aliphatic rings. The number of aromatic nitrogens is 2. The number of amides is 1. The first kappa shape index (κ1) is 22.7. The standard InChI is InChI=1S/C25H26ClN3O4/c1-5-10-29-24(15-8-9-19(32-6-2)20(12-15)33-7-3)21-22(27-28-23(21)25(29)31)16-13-17(26)14(4)11-18(16)30/h5,8-9,11-13,24,30H,1,6-7,10H2,2-4H3,(H,27,28). The van der Waals surface area contributed by atoms with Crippen molar-refractivity contribution in [3.63, 3.8) is 0 Å². The van der Waals surface area contributed by atoms with Crippen molar-refractivity contribution >= 4 is 17.5 Å². The molecule has 8 heteroatoms. The molecule has 2 N–H and O–H groups in total. The zero-order valence-electron chi connectivity index (χ0n) is 18.8. The van der Waals surface area contributed by atoms with Gasteiger partial charge >= 0.3 is 0 Å². The number of rotatable bonds is 8. The smallest absolute Gasteiger partial charge is 0.273 e. The molecule has 1 amide bonds. The van der Waals surface area contributed by atoms with Gasteiger partial charge in [-0.2, -0.15) is 5.10 Å². The number of aromatic hydroxyl groups is 1. The van der Waals surface area contributed by atoms with Crippen LogP contribution >= 0.6 is 11.6 Å². The highest BCUT2D eigenvalue weighted by Crippen LogP contribution is 2.46. The van der Waals surface area contributed by atoms with Gasteiger partial charge in [0, 0.05) is 22.7 Å². The van der Waals surface area contributed by atoms with Crippen molar-refractivity contribution in [2.24, 2.45) is 0 Å². The number of benzene rings is 2. The van der Waals surface area contributed by atoms with Gasteiger partial charge in [-0.15, -0.1) is 6.58 Å². The second-order valence-electron chi connectivity index (χ2n) is 7.70. The maximum absolute atomic E-state index is 13.3. The molecule has 1 aliphatic heterocycles. The van der Waals surface area contributed by atoms with Crippen molar-refractivity contribution in [1.29, 1.82) is 0 Å². The van der Waals surface area contributed by atoms with E-state index >= 15 is 0 Å². The summed E-state index contributed by atoms with van der Waals surface area (Å²) < 4.78 is 11.5. The van der Waals surface area contributed by atoms with E-state index in [-0.39, 0.29) is 11.7 Å². The molecular weight excluding hydrogens is 442 g/mol. The molecule has 2 heterocycles. The number of nitrogens with one attached hydrogen (secondary N) is 1. The summed E-state index contributed by atoms with van der Waals surface area (Å²) in [6, 6.07) is 8.44. The van der Waals surface area contributed by atoms with Crippen LogP contribution in [-0.4, -0.2) is 45.9 Å². The number of phenols is 1. The number of carbonyl (C=O) groups is 1. The molecule has 1 atom stereocenters. The molecule has 7 nitrogen and oxygen atoms in total. The maximum Gasteiger partial charge on any atom is 0.273 e. The van der Waals surface area contributed by atoms with Crippen molar-refractivity contribution in [2.45, 2.75) is 26.8 Å². The highest BCUT2D eigenvalue weighted by atomic mass is 35.5. The Balaban J connectivity index is 1.91. The molecule has 0 fully saturated rings. The topological polar surface area (TPSA) is 87.7 Å². The van der Waals surface area contributed by atoms with E-state index in [1.54, 1.807) is 23.1 Å². The van der Waals surface area contributed by atoms with Crippen LogP contribution in [0.15, 0.2) is 43.0 Å². The second-order valence-corrected chi connectivity index (χ2v) is 8.11. The zero-order valence-corrected chi connectivity index (χ0v) is 19.6. The summed E-state index contributed by atoms with van der Waals surface area (Å²) in [5, 5.41) is 18.4. The summed E-state index contributed by atoms with van der Waals surface area (Å²) in [6.45, 7) is 10.8. The molecule has 0 bridgehead atoms. The lowest BCUT2D eigenvalue weighted by molar-refractivity contribution is 0.0764. The van der Waals surface area contributed by atoms with E-state index in [2.05, 4.69) is 16.8 Å². The molecule has 0 spiro atoms. The normalized spacial score (nSPS) is 15.0. The number of hydrogen-bond donors (Lipinski definition) is 2. The number of halogens is 1. The Labute approximate surface area is 197 Å². The van der Waals surface area contributed by atoms with Gasteiger partial charge in [0.05, 0.1) is 19.3 Å². The summed E-state index contributed by atoms with van der Waals surface area (Å²) >= 11 is 6.35. The van der Waals surface area contributed by atoms with Gasteiger partial charge in [0.15, 0.2) is 11.5 Å². The van der Waals surface area contributed by atoms with Crippen LogP contribution in [0.1, 0.15) is 47.1 Å². The molecule has 1 unspecified atom stereocenters. The predicted octanol–water partition coefficient (Wildman–Crippen LogP) is 5.27. The van der Waals surface area contributed by atoms with Gasteiger partial charge in [0.1, 0.15) is 17.1 Å². The van der Waals surface area contributed by atoms with Crippen molar-refractivity contribution in [2.75, 3.05) is 19.8 Å². The first-order valence-electron chi connectivity index (χ1n) is 10.8. The van der Waals surface area contributed by atoms with Gasteiger partial charge in [-0.25, -0.2) is 0 Å². The zero-order chi connectivity index (χ0) is 23.7. The molecule has 4 rings (SSSR count). The quantitative estimate of drug-likeness (QED) is 0.440. The second kappa shape index (κ2) is 9.19. The van der Waals surface area contributed by atoms with E-state index in [0.29, 0.717) is 58.8 Å². The summed E-state index contributed by atoms with van der Waals surface area (Å²) in [5.41, 5.74) is 3.55. The number of nitrogens with zero attached hydrogens (tertiary/aromatic N) is 2. The number of aromatic amines is 1. The van der Waals surface area contributed by atoms with Gasteiger partial charge in [0.2, 0.25) is 0 Å². The molecular formula is C25H26ClN3O4. The van der Waals surface area contributed by atoms with E-state index in [0.717, 1.165) is 11.1 Å². The van der Waals surface area contributed by atoms with Gasteiger partial charge in [-0.1, -0.05) is 23.7 Å². The fraction of sp³-hybridized carbons (Fsp3) is 0.280. The van der Waals surface area contributed by atoms with Gasteiger partial charge in [-0.3, -0.25) is 9.89 Å². The molecule has 33 heavy (non-hydrogen) atoms. The van der Waals surface area contributed by atoms with E-state index in [4.69, 9.17) is 21.1 Å². The van der Waals surface area contributed by atoms with E-state index in [1.165, 1.54) is 0 Å². The summed E-state index contributed by atoms with van der Waals surface area (Å²) in [7, 11) is 0. The minimum Gasteiger partial charge on any atom is -0.507 e. The van der Waals surface area contributed by atoms with Crippen LogP contribution in [0.25, 0.3) is 11.3 Å². The summed E-state index contributed by atoms with van der Waals surface area (Å²) in [4.78, 5) is 15.0. The lowest BCUT2D eigenvalue weighted by atomic mass is 9.95. The van der Waals surface area contributed by atoms with Crippen LogP contribution < -0.4 is 9.47 Å². The average molecular weight is 468 g/mol. The van der Waals surface area contributed by atoms with Crippen molar-refractivity contribution < 1.29 is 19.4 Å². The molecule has 1 aromatic heterocycles. The minimum absolute atomic E-state index is 0.0428. The Morgan fingerprint density at radius 3 is 2.64 bits per heavy atom. The van der Waals surface area contributed by atoms with Crippen LogP contribution in [0, 0.1) is 6.92 Å². The molecule has 2 aromatic carbocycles. The van der Waals surface area contributed by atoms with Gasteiger partial charge in [0.25, 0.3) is 5.91 Å². The lowest BCUT2D eigenvalue weighted by Crippen LogP contribution is -2.29. The van der Waals surface area contributed by atoms with Crippen LogP contribution in [0.4, 0.5) is 0 Å². The number of phenolic OH excluding ortho intramolecular Hbond substituents is 1. The fourth-order valence-electron chi connectivity index (χ4n) is 4.17. The molecule has 0 aliphatic carbocycles.